The molecule has 0 aliphatic heterocycles. The smallest absolute Gasteiger partial charge is 0.252 e. The fourth-order valence-corrected chi connectivity index (χ4v) is 3.48. The molecule has 1 fully saturated rings. The Balaban J connectivity index is 1.58. The van der Waals surface area contributed by atoms with Gasteiger partial charge in [0.25, 0.3) is 5.92 Å². The summed E-state index contributed by atoms with van der Waals surface area (Å²) in [5, 5.41) is 13.1. The Labute approximate surface area is 164 Å². The van der Waals surface area contributed by atoms with Crippen LogP contribution >= 0.6 is 11.6 Å². The van der Waals surface area contributed by atoms with Gasteiger partial charge in [-0.3, -0.25) is 14.7 Å². The van der Waals surface area contributed by atoms with Gasteiger partial charge in [-0.25, -0.2) is 18.7 Å². The van der Waals surface area contributed by atoms with Gasteiger partial charge in [-0.05, 0) is 17.7 Å². The van der Waals surface area contributed by atoms with Gasteiger partial charge >= 0.3 is 0 Å². The topological polar surface area (TPSA) is 80.0 Å². The predicted molar refractivity (Wildman–Crippen MR) is 100 cm³/mol. The molecule has 0 spiro atoms. The molecule has 9 heteroatoms. The maximum atomic E-state index is 13.4. The van der Waals surface area contributed by atoms with E-state index in [0.29, 0.717) is 16.7 Å². The lowest BCUT2D eigenvalue weighted by molar-refractivity contribution is -0.118. The van der Waals surface area contributed by atoms with Gasteiger partial charge in [0.1, 0.15) is 10.7 Å². The molecule has 1 amide bonds. The molecule has 1 aliphatic carbocycles. The molecule has 6 nitrogen and oxygen atoms in total. The highest BCUT2D eigenvalue weighted by Crippen LogP contribution is 2.47. The molecule has 0 unspecified atom stereocenters. The van der Waals surface area contributed by atoms with E-state index in [1.54, 1.807) is 36.4 Å². The molecule has 28 heavy (non-hydrogen) atoms. The summed E-state index contributed by atoms with van der Waals surface area (Å²) in [5.74, 6) is -3.11. The number of aromatic nitrogens is 3. The van der Waals surface area contributed by atoms with Crippen LogP contribution in [0.15, 0.2) is 42.5 Å². The fourth-order valence-electron chi connectivity index (χ4n) is 3.34. The van der Waals surface area contributed by atoms with Crippen LogP contribution in [-0.2, 0) is 4.79 Å². The minimum Gasteiger partial charge on any atom is -0.388 e. The molecular weight excluding hydrogens is 390 g/mol. The molecule has 1 aromatic carbocycles. The maximum Gasteiger partial charge on any atom is 0.252 e. The molecule has 0 bridgehead atoms. The number of hydrogen-bond acceptors (Lipinski definition) is 4. The number of nitrogens with one attached hydrogen (secondary N) is 1. The first-order valence-corrected chi connectivity index (χ1v) is 9.15. The molecule has 3 aromatic rings. The summed E-state index contributed by atoms with van der Waals surface area (Å²) in [7, 11) is 0. The molecule has 1 saturated carbocycles. The monoisotopic (exact) mass is 406 g/mol. The lowest BCUT2D eigenvalue weighted by Crippen LogP contribution is -2.37. The van der Waals surface area contributed by atoms with Crippen molar-refractivity contribution in [3.8, 4) is 0 Å². The van der Waals surface area contributed by atoms with Gasteiger partial charge in [0, 0.05) is 12.8 Å². The third kappa shape index (κ3) is 3.70. The van der Waals surface area contributed by atoms with E-state index in [-0.39, 0.29) is 30.4 Å². The quantitative estimate of drug-likeness (QED) is 0.625. The molecule has 2 heterocycles. The van der Waals surface area contributed by atoms with Crippen LogP contribution in [0, 0.1) is 0 Å². The second-order valence-electron chi connectivity index (χ2n) is 6.88. The second-order valence-corrected chi connectivity index (χ2v) is 7.27. The summed E-state index contributed by atoms with van der Waals surface area (Å²) in [5.41, 5.74) is 1.39. The zero-order valence-corrected chi connectivity index (χ0v) is 15.4. The van der Waals surface area contributed by atoms with Crippen LogP contribution in [0.25, 0.3) is 11.2 Å². The first-order valence-electron chi connectivity index (χ1n) is 8.77. The number of carbonyl (C=O) groups excluding carboxylic acids is 1. The summed E-state index contributed by atoms with van der Waals surface area (Å²) in [6, 6.07) is 11.4. The number of hydrogen-bond donors (Lipinski definition) is 2. The van der Waals surface area contributed by atoms with Crippen LogP contribution in [0.2, 0.25) is 5.15 Å². The number of anilines is 1. The van der Waals surface area contributed by atoms with Crippen molar-refractivity contribution in [2.24, 2.45) is 0 Å². The molecule has 1 atom stereocenters. The average molecular weight is 407 g/mol. The first kappa shape index (κ1) is 18.8. The van der Waals surface area contributed by atoms with Crippen molar-refractivity contribution in [3.63, 3.8) is 0 Å². The van der Waals surface area contributed by atoms with Crippen LogP contribution in [-0.4, -0.2) is 31.5 Å². The minimum atomic E-state index is -2.75. The predicted octanol–water partition coefficient (Wildman–Crippen LogP) is 4.12. The Morgan fingerprint density at radius 3 is 2.64 bits per heavy atom. The third-order valence-electron chi connectivity index (χ3n) is 4.75. The van der Waals surface area contributed by atoms with E-state index in [4.69, 9.17) is 11.6 Å². The summed E-state index contributed by atoms with van der Waals surface area (Å²) in [6.07, 6.45) is -1.90. The number of aliphatic hydroxyl groups is 1. The van der Waals surface area contributed by atoms with Crippen molar-refractivity contribution in [1.29, 1.82) is 0 Å². The molecule has 4 rings (SSSR count). The van der Waals surface area contributed by atoms with Gasteiger partial charge in [-0.15, -0.1) is 0 Å². The number of fused-ring (bicyclic) bond motifs is 1. The maximum absolute atomic E-state index is 13.4. The number of imidazole rings is 1. The van der Waals surface area contributed by atoms with Gasteiger partial charge in [-0.1, -0.05) is 41.9 Å². The number of nitrogens with zero attached hydrogens (tertiary/aromatic N) is 3. The Hall–Kier alpha value is -2.58. The zero-order chi connectivity index (χ0) is 19.9. The van der Waals surface area contributed by atoms with Crippen LogP contribution < -0.4 is 5.32 Å². The normalized spacial score (nSPS) is 17.3. The van der Waals surface area contributed by atoms with Gasteiger partial charge in [0.05, 0.1) is 18.6 Å². The Morgan fingerprint density at radius 1 is 1.25 bits per heavy atom. The highest BCUT2D eigenvalue weighted by atomic mass is 35.5. The van der Waals surface area contributed by atoms with Crippen molar-refractivity contribution < 1.29 is 18.7 Å². The van der Waals surface area contributed by atoms with Crippen LogP contribution in [0.3, 0.4) is 0 Å². The third-order valence-corrected chi connectivity index (χ3v) is 4.96. The van der Waals surface area contributed by atoms with Crippen LogP contribution in [0.1, 0.15) is 37.0 Å². The number of halogens is 3. The second kappa shape index (κ2) is 7.10. The lowest BCUT2D eigenvalue weighted by Gasteiger charge is -2.36. The summed E-state index contributed by atoms with van der Waals surface area (Å²) >= 11 is 5.94. The number of pyridine rings is 1. The van der Waals surface area contributed by atoms with Gasteiger partial charge in [0.2, 0.25) is 11.9 Å². The molecule has 2 N–H and O–H groups in total. The van der Waals surface area contributed by atoms with E-state index in [2.05, 4.69) is 15.3 Å². The van der Waals surface area contributed by atoms with Gasteiger partial charge in [-0.2, -0.15) is 0 Å². The standard InChI is InChI=1S/C19H17ClF2N4O2/c20-15-7-6-13-17(24-15)26(12-9-19(21,22)10-12)18(23-13)25-16(28)8-14(27)11-4-2-1-3-5-11/h1-7,12,14,27H,8-10H2,(H,23,25,28)/t14-/m1/s1. The summed E-state index contributed by atoms with van der Waals surface area (Å²) in [6.45, 7) is 0. The summed E-state index contributed by atoms with van der Waals surface area (Å²) in [4.78, 5) is 20.9. The molecule has 0 saturated heterocycles. The van der Waals surface area contributed by atoms with Crippen LogP contribution in [0.4, 0.5) is 14.7 Å². The number of amides is 1. The van der Waals surface area contributed by atoms with E-state index in [1.165, 1.54) is 4.57 Å². The fraction of sp³-hybridized carbons (Fsp3) is 0.316. The van der Waals surface area contributed by atoms with Crippen molar-refractivity contribution in [3.05, 3.63) is 53.2 Å². The van der Waals surface area contributed by atoms with E-state index in [0.717, 1.165) is 0 Å². The number of rotatable bonds is 5. The van der Waals surface area contributed by atoms with Gasteiger partial charge in [0.15, 0.2) is 5.65 Å². The van der Waals surface area contributed by atoms with Crippen LogP contribution in [0.5, 0.6) is 0 Å². The number of aliphatic hydroxyl groups excluding tert-OH is 1. The number of carbonyl (C=O) groups is 1. The van der Waals surface area contributed by atoms with E-state index < -0.39 is 24.0 Å². The lowest BCUT2D eigenvalue weighted by atomic mass is 9.88. The van der Waals surface area contributed by atoms with E-state index in [1.807, 2.05) is 6.07 Å². The summed E-state index contributed by atoms with van der Waals surface area (Å²) < 4.78 is 28.3. The Bertz CT molecular complexity index is 1020. The van der Waals surface area contributed by atoms with Crippen molar-refractivity contribution in [1.82, 2.24) is 14.5 Å². The molecule has 1 aliphatic rings. The largest absolute Gasteiger partial charge is 0.388 e. The van der Waals surface area contributed by atoms with Crippen molar-refractivity contribution in [2.45, 2.75) is 37.3 Å². The highest BCUT2D eigenvalue weighted by Gasteiger charge is 2.47. The van der Waals surface area contributed by atoms with E-state index >= 15 is 0 Å². The van der Waals surface area contributed by atoms with Crippen molar-refractivity contribution in [2.75, 3.05) is 5.32 Å². The number of benzene rings is 1. The highest BCUT2D eigenvalue weighted by molar-refractivity contribution is 6.29. The van der Waals surface area contributed by atoms with Gasteiger partial charge < -0.3 is 5.11 Å². The first-order chi connectivity index (χ1) is 13.3. The minimum absolute atomic E-state index is 0.121. The SMILES string of the molecule is O=C(C[C@@H](O)c1ccccc1)Nc1nc2ccc(Cl)nc2n1C1CC(F)(F)C1. The van der Waals surface area contributed by atoms with Crippen molar-refractivity contribution >= 4 is 34.6 Å². The molecule has 146 valence electrons. The molecular formula is C19H17ClF2N4O2. The average Bonchev–Trinajstić information content (AvgIpc) is 2.96. The van der Waals surface area contributed by atoms with E-state index in [9.17, 15) is 18.7 Å². The number of alkyl halides is 2. The molecule has 0 radical (unpaired) electrons. The Kier molecular flexibility index (Phi) is 4.76. The zero-order valence-electron chi connectivity index (χ0n) is 14.6. The molecule has 2 aromatic heterocycles. The Morgan fingerprint density at radius 2 is 1.96 bits per heavy atom.